The van der Waals surface area contributed by atoms with Crippen molar-refractivity contribution in [3.05, 3.63) is 50.6 Å². The lowest BCUT2D eigenvalue weighted by Crippen LogP contribution is -2.28. The van der Waals surface area contributed by atoms with Crippen LogP contribution in [0.15, 0.2) is 34.2 Å². The molecular formula is C22H26N4O2S2. The van der Waals surface area contributed by atoms with Crippen molar-refractivity contribution < 1.29 is 4.79 Å². The molecule has 0 N–H and O–H groups in total. The van der Waals surface area contributed by atoms with Crippen LogP contribution in [0.1, 0.15) is 22.4 Å². The molecular weight excluding hydrogens is 416 g/mol. The average molecular weight is 443 g/mol. The summed E-state index contributed by atoms with van der Waals surface area (Å²) in [6.07, 6.45) is 3.13. The summed E-state index contributed by atoms with van der Waals surface area (Å²) in [6, 6.07) is 8.19. The minimum atomic E-state index is 0.00341. The predicted molar refractivity (Wildman–Crippen MR) is 125 cm³/mol. The van der Waals surface area contributed by atoms with Crippen molar-refractivity contribution in [3.63, 3.8) is 0 Å². The largest absolute Gasteiger partial charge is 0.378 e. The number of hydrogen-bond acceptors (Lipinski definition) is 6. The lowest BCUT2D eigenvalue weighted by molar-refractivity contribution is -0.127. The molecule has 2 aromatic heterocycles. The molecule has 0 unspecified atom stereocenters. The number of benzene rings is 1. The van der Waals surface area contributed by atoms with Gasteiger partial charge in [0.25, 0.3) is 5.56 Å². The van der Waals surface area contributed by atoms with Gasteiger partial charge in [-0.05, 0) is 42.5 Å². The number of anilines is 1. The number of nitrogens with zero attached hydrogens (tertiary/aromatic N) is 4. The van der Waals surface area contributed by atoms with E-state index in [-0.39, 0.29) is 17.2 Å². The Balaban J connectivity index is 1.44. The molecule has 0 spiro atoms. The predicted octanol–water partition coefficient (Wildman–Crippen LogP) is 3.30. The molecule has 0 saturated carbocycles. The average Bonchev–Trinajstić information content (AvgIpc) is 3.30. The lowest BCUT2D eigenvalue weighted by Gasteiger charge is -2.18. The van der Waals surface area contributed by atoms with Gasteiger partial charge in [0.1, 0.15) is 4.83 Å². The molecule has 1 aromatic carbocycles. The zero-order valence-corrected chi connectivity index (χ0v) is 19.4. The van der Waals surface area contributed by atoms with Crippen LogP contribution >= 0.6 is 23.1 Å². The first-order valence-corrected chi connectivity index (χ1v) is 11.8. The van der Waals surface area contributed by atoms with Crippen molar-refractivity contribution in [2.24, 2.45) is 7.05 Å². The van der Waals surface area contributed by atoms with Crippen molar-refractivity contribution in [1.82, 2.24) is 14.5 Å². The Kier molecular flexibility index (Phi) is 5.88. The fourth-order valence-electron chi connectivity index (χ4n) is 3.73. The van der Waals surface area contributed by atoms with E-state index in [0.717, 1.165) is 40.7 Å². The van der Waals surface area contributed by atoms with Crippen LogP contribution in [0.3, 0.4) is 0 Å². The summed E-state index contributed by atoms with van der Waals surface area (Å²) in [5, 5.41) is 1.38. The Morgan fingerprint density at radius 2 is 1.93 bits per heavy atom. The summed E-state index contributed by atoms with van der Waals surface area (Å²) < 4.78 is 1.59. The molecule has 6 nitrogen and oxygen atoms in total. The zero-order valence-electron chi connectivity index (χ0n) is 17.8. The lowest BCUT2D eigenvalue weighted by atomic mass is 10.2. The van der Waals surface area contributed by atoms with E-state index in [1.807, 2.05) is 38.2 Å². The number of thioether (sulfide) groups is 1. The van der Waals surface area contributed by atoms with Crippen LogP contribution in [0.25, 0.3) is 10.2 Å². The van der Waals surface area contributed by atoms with Crippen molar-refractivity contribution in [3.8, 4) is 0 Å². The smallest absolute Gasteiger partial charge is 0.262 e. The highest BCUT2D eigenvalue weighted by molar-refractivity contribution is 7.99. The summed E-state index contributed by atoms with van der Waals surface area (Å²) in [6.45, 7) is 0.552. The second kappa shape index (κ2) is 8.43. The van der Waals surface area contributed by atoms with Gasteiger partial charge in [-0.3, -0.25) is 14.2 Å². The quantitative estimate of drug-likeness (QED) is 0.433. The molecule has 3 aromatic rings. The van der Waals surface area contributed by atoms with Crippen molar-refractivity contribution in [2.75, 3.05) is 31.8 Å². The second-order valence-corrected chi connectivity index (χ2v) is 9.92. The third kappa shape index (κ3) is 3.98. The van der Waals surface area contributed by atoms with E-state index in [4.69, 9.17) is 4.98 Å². The molecule has 1 aliphatic carbocycles. The van der Waals surface area contributed by atoms with Crippen LogP contribution in [-0.2, 0) is 31.2 Å². The number of carbonyl (C=O) groups excluding carboxylic acids is 1. The Labute approximate surface area is 184 Å². The minimum absolute atomic E-state index is 0.00341. The van der Waals surface area contributed by atoms with Gasteiger partial charge in [-0.1, -0.05) is 23.9 Å². The van der Waals surface area contributed by atoms with Crippen LogP contribution in [0, 0.1) is 0 Å². The molecule has 0 radical (unpaired) electrons. The number of aromatic nitrogens is 2. The molecule has 4 rings (SSSR count). The second-order valence-electron chi connectivity index (χ2n) is 7.90. The summed E-state index contributed by atoms with van der Waals surface area (Å²) in [5.74, 6) is 0.267. The molecule has 2 heterocycles. The van der Waals surface area contributed by atoms with Crippen LogP contribution < -0.4 is 10.5 Å². The highest BCUT2D eigenvalue weighted by Crippen LogP contribution is 2.35. The van der Waals surface area contributed by atoms with E-state index < -0.39 is 0 Å². The fourth-order valence-corrected chi connectivity index (χ4v) is 5.95. The molecule has 1 amide bonds. The topological polar surface area (TPSA) is 58.4 Å². The van der Waals surface area contributed by atoms with Crippen LogP contribution in [0.2, 0.25) is 0 Å². The highest BCUT2D eigenvalue weighted by atomic mass is 32.2. The summed E-state index contributed by atoms with van der Waals surface area (Å²) >= 11 is 2.96. The minimum Gasteiger partial charge on any atom is -0.378 e. The first-order chi connectivity index (χ1) is 14.3. The maximum atomic E-state index is 12.9. The van der Waals surface area contributed by atoms with E-state index in [9.17, 15) is 9.59 Å². The maximum Gasteiger partial charge on any atom is 0.262 e. The monoisotopic (exact) mass is 442 g/mol. The van der Waals surface area contributed by atoms with E-state index in [1.54, 1.807) is 27.9 Å². The SMILES string of the molecule is CN(Cc1ccc(N(C)C)cc1)C(=O)CSc1nc2sc3c(c2c(=O)n1C)CCC3. The van der Waals surface area contributed by atoms with Gasteiger partial charge < -0.3 is 9.80 Å². The standard InChI is InChI=1S/C22H26N4O2S2/c1-24(2)15-10-8-14(9-11-15)12-25(3)18(27)13-29-22-23-20-19(21(28)26(22)4)16-6-5-7-17(16)30-20/h8-11H,5-7,12-13H2,1-4H3. The van der Waals surface area contributed by atoms with Gasteiger partial charge >= 0.3 is 0 Å². The third-order valence-electron chi connectivity index (χ3n) is 5.53. The van der Waals surface area contributed by atoms with Gasteiger partial charge in [-0.15, -0.1) is 11.3 Å². The van der Waals surface area contributed by atoms with E-state index in [0.29, 0.717) is 11.7 Å². The van der Waals surface area contributed by atoms with Gasteiger partial charge in [-0.2, -0.15) is 0 Å². The molecule has 0 saturated heterocycles. The molecule has 158 valence electrons. The van der Waals surface area contributed by atoms with Crippen molar-refractivity contribution in [2.45, 2.75) is 31.0 Å². The van der Waals surface area contributed by atoms with Crippen LogP contribution in [0.5, 0.6) is 0 Å². The normalized spacial score (nSPS) is 12.9. The van der Waals surface area contributed by atoms with Crippen LogP contribution in [-0.4, -0.2) is 47.3 Å². The number of carbonyl (C=O) groups is 1. The highest BCUT2D eigenvalue weighted by Gasteiger charge is 2.23. The Morgan fingerprint density at radius 3 is 2.63 bits per heavy atom. The van der Waals surface area contributed by atoms with Gasteiger partial charge in [-0.25, -0.2) is 4.98 Å². The van der Waals surface area contributed by atoms with Gasteiger partial charge in [0, 0.05) is 45.3 Å². The van der Waals surface area contributed by atoms with E-state index in [1.165, 1.54) is 22.2 Å². The number of thiophene rings is 1. The van der Waals surface area contributed by atoms with Crippen molar-refractivity contribution in [1.29, 1.82) is 0 Å². The number of rotatable bonds is 6. The zero-order chi connectivity index (χ0) is 21.4. The number of aryl methyl sites for hydroxylation is 2. The number of amides is 1. The van der Waals surface area contributed by atoms with E-state index in [2.05, 4.69) is 12.1 Å². The summed E-state index contributed by atoms with van der Waals surface area (Å²) in [5.41, 5.74) is 3.41. The summed E-state index contributed by atoms with van der Waals surface area (Å²) in [4.78, 5) is 36.1. The van der Waals surface area contributed by atoms with Gasteiger partial charge in [0.15, 0.2) is 5.16 Å². The van der Waals surface area contributed by atoms with Crippen LogP contribution in [0.4, 0.5) is 5.69 Å². The van der Waals surface area contributed by atoms with Crippen molar-refractivity contribution >= 4 is 44.9 Å². The Bertz CT molecular complexity index is 1150. The van der Waals surface area contributed by atoms with Gasteiger partial charge in [0.05, 0.1) is 11.1 Å². The first-order valence-electron chi connectivity index (χ1n) is 9.99. The first kappa shape index (κ1) is 20.9. The third-order valence-corrected chi connectivity index (χ3v) is 7.73. The molecule has 0 aliphatic heterocycles. The maximum absolute atomic E-state index is 12.9. The van der Waals surface area contributed by atoms with E-state index >= 15 is 0 Å². The Hall–Kier alpha value is -2.32. The molecule has 30 heavy (non-hydrogen) atoms. The molecule has 0 fully saturated rings. The molecule has 0 atom stereocenters. The fraction of sp³-hybridized carbons (Fsp3) is 0.409. The number of fused-ring (bicyclic) bond motifs is 3. The molecule has 8 heteroatoms. The Morgan fingerprint density at radius 1 is 1.20 bits per heavy atom. The molecule has 1 aliphatic rings. The summed E-state index contributed by atoms with van der Waals surface area (Å²) in [7, 11) is 7.56. The molecule has 0 bridgehead atoms. The van der Waals surface area contributed by atoms with Gasteiger partial charge in [0.2, 0.25) is 5.91 Å². The number of hydrogen-bond donors (Lipinski definition) is 0.